The van der Waals surface area contributed by atoms with Gasteiger partial charge in [0.25, 0.3) is 0 Å². The van der Waals surface area contributed by atoms with Crippen molar-refractivity contribution in [3.63, 3.8) is 0 Å². The molecular weight excluding hydrogens is 178 g/mol. The number of nitrogens with two attached hydrogens (primary N) is 1. The Balaban J connectivity index is 2.80. The van der Waals surface area contributed by atoms with Gasteiger partial charge in [-0.15, -0.1) is 0 Å². The Kier molecular flexibility index (Phi) is 2.97. The molecule has 1 heterocycles. The van der Waals surface area contributed by atoms with Crippen LogP contribution in [0, 0.1) is 6.92 Å². The molecule has 1 rings (SSSR count). The lowest BCUT2D eigenvalue weighted by atomic mass is 9.97. The third-order valence-electron chi connectivity index (χ3n) is 2.32. The molecule has 4 nitrogen and oxygen atoms in total. The van der Waals surface area contributed by atoms with Crippen LogP contribution in [0.3, 0.4) is 0 Å². The summed E-state index contributed by atoms with van der Waals surface area (Å²) in [6.07, 6.45) is 1.69. The molecule has 0 radical (unpaired) electrons. The summed E-state index contributed by atoms with van der Waals surface area (Å²) in [5.74, 6) is 0.897. The van der Waals surface area contributed by atoms with Gasteiger partial charge in [0.1, 0.15) is 5.82 Å². The van der Waals surface area contributed by atoms with Gasteiger partial charge in [-0.05, 0) is 27.2 Å². The Morgan fingerprint density at radius 1 is 1.64 bits per heavy atom. The predicted molar refractivity (Wildman–Crippen MR) is 55.8 cm³/mol. The van der Waals surface area contributed by atoms with Crippen molar-refractivity contribution < 1.29 is 5.11 Å². The molecule has 1 atom stereocenters. The normalized spacial score (nSPS) is 14.4. The second-order valence-corrected chi connectivity index (χ2v) is 4.50. The van der Waals surface area contributed by atoms with Gasteiger partial charge in [-0.1, -0.05) is 0 Å². The summed E-state index contributed by atoms with van der Waals surface area (Å²) in [4.78, 5) is 4.13. The van der Waals surface area contributed by atoms with E-state index in [1.807, 2.05) is 32.4 Å². The molecule has 0 fully saturated rings. The minimum atomic E-state index is -0.541. The Labute approximate surface area is 84.8 Å². The van der Waals surface area contributed by atoms with Crippen molar-refractivity contribution in [2.45, 2.75) is 38.8 Å². The van der Waals surface area contributed by atoms with Crippen molar-refractivity contribution in [2.24, 2.45) is 12.8 Å². The highest BCUT2D eigenvalue weighted by Crippen LogP contribution is 2.22. The van der Waals surface area contributed by atoms with Crippen LogP contribution in [0.25, 0.3) is 0 Å². The molecule has 14 heavy (non-hydrogen) atoms. The first-order valence-electron chi connectivity index (χ1n) is 4.76. The Morgan fingerprint density at radius 3 is 2.57 bits per heavy atom. The number of hydrogen-bond donors (Lipinski definition) is 2. The molecule has 1 aromatic heterocycles. The molecule has 0 saturated heterocycles. The SMILES string of the molecule is Cc1ncc(C(O)CC(C)(C)N)n1C. The second-order valence-electron chi connectivity index (χ2n) is 4.50. The van der Waals surface area contributed by atoms with E-state index >= 15 is 0 Å². The van der Waals surface area contributed by atoms with Crippen LogP contribution in [0.1, 0.15) is 37.9 Å². The van der Waals surface area contributed by atoms with Gasteiger partial charge in [0.15, 0.2) is 0 Å². The van der Waals surface area contributed by atoms with Crippen LogP contribution >= 0.6 is 0 Å². The quantitative estimate of drug-likeness (QED) is 0.756. The fourth-order valence-corrected chi connectivity index (χ4v) is 1.43. The summed E-state index contributed by atoms with van der Waals surface area (Å²) < 4.78 is 1.89. The molecular formula is C10H19N3O. The van der Waals surface area contributed by atoms with Crippen molar-refractivity contribution in [2.75, 3.05) is 0 Å². The molecule has 0 aromatic carbocycles. The number of aliphatic hydroxyl groups excluding tert-OH is 1. The first-order valence-corrected chi connectivity index (χ1v) is 4.76. The summed E-state index contributed by atoms with van der Waals surface area (Å²) in [5.41, 5.74) is 6.30. The third-order valence-corrected chi connectivity index (χ3v) is 2.32. The van der Waals surface area contributed by atoms with Crippen LogP contribution in [0.5, 0.6) is 0 Å². The molecule has 0 spiro atoms. The van der Waals surface area contributed by atoms with Gasteiger partial charge >= 0.3 is 0 Å². The van der Waals surface area contributed by atoms with Crippen molar-refractivity contribution in [1.82, 2.24) is 9.55 Å². The summed E-state index contributed by atoms with van der Waals surface area (Å²) in [5, 5.41) is 9.91. The van der Waals surface area contributed by atoms with Gasteiger partial charge in [-0.25, -0.2) is 4.98 Å². The van der Waals surface area contributed by atoms with E-state index in [-0.39, 0.29) is 5.54 Å². The topological polar surface area (TPSA) is 64.1 Å². The second kappa shape index (κ2) is 3.71. The molecule has 0 saturated carbocycles. The third kappa shape index (κ3) is 2.56. The van der Waals surface area contributed by atoms with Gasteiger partial charge in [0, 0.05) is 12.6 Å². The molecule has 1 unspecified atom stereocenters. The number of aliphatic hydroxyl groups is 1. The molecule has 0 amide bonds. The number of rotatable bonds is 3. The van der Waals surface area contributed by atoms with E-state index < -0.39 is 6.10 Å². The average molecular weight is 197 g/mol. The average Bonchev–Trinajstić information content (AvgIpc) is 2.29. The zero-order chi connectivity index (χ0) is 10.9. The summed E-state index contributed by atoms with van der Waals surface area (Å²) in [6.45, 7) is 5.71. The minimum absolute atomic E-state index is 0.364. The lowest BCUT2D eigenvalue weighted by Gasteiger charge is -2.22. The Bertz CT molecular complexity index is 312. The number of nitrogens with zero attached hydrogens (tertiary/aromatic N) is 2. The number of hydrogen-bond acceptors (Lipinski definition) is 3. The van der Waals surface area contributed by atoms with Crippen LogP contribution in [0.2, 0.25) is 0 Å². The van der Waals surface area contributed by atoms with Gasteiger partial charge in [-0.2, -0.15) is 0 Å². The van der Waals surface area contributed by atoms with Crippen molar-refractivity contribution >= 4 is 0 Å². The highest BCUT2D eigenvalue weighted by molar-refractivity contribution is 5.07. The zero-order valence-corrected chi connectivity index (χ0v) is 9.28. The van der Waals surface area contributed by atoms with Crippen LogP contribution in [0.15, 0.2) is 6.20 Å². The Hall–Kier alpha value is -0.870. The van der Waals surface area contributed by atoms with E-state index in [1.165, 1.54) is 0 Å². The summed E-state index contributed by atoms with van der Waals surface area (Å²) in [6, 6.07) is 0. The van der Waals surface area contributed by atoms with Crippen LogP contribution < -0.4 is 5.73 Å². The smallest absolute Gasteiger partial charge is 0.105 e. The minimum Gasteiger partial charge on any atom is -0.387 e. The van der Waals surface area contributed by atoms with Crippen LogP contribution in [0.4, 0.5) is 0 Å². The van der Waals surface area contributed by atoms with E-state index in [2.05, 4.69) is 4.98 Å². The van der Waals surface area contributed by atoms with Crippen molar-refractivity contribution in [3.8, 4) is 0 Å². The van der Waals surface area contributed by atoms with Crippen LogP contribution in [-0.2, 0) is 7.05 Å². The lowest BCUT2D eigenvalue weighted by molar-refractivity contribution is 0.134. The van der Waals surface area contributed by atoms with E-state index in [4.69, 9.17) is 5.73 Å². The molecule has 0 bridgehead atoms. The summed E-state index contributed by atoms with van der Waals surface area (Å²) >= 11 is 0. The first kappa shape index (κ1) is 11.2. The fourth-order valence-electron chi connectivity index (χ4n) is 1.43. The maximum absolute atomic E-state index is 9.91. The molecule has 0 aliphatic carbocycles. The molecule has 0 aliphatic heterocycles. The van der Waals surface area contributed by atoms with E-state index in [9.17, 15) is 5.11 Å². The maximum atomic E-state index is 9.91. The molecule has 4 heteroatoms. The standard InChI is InChI=1S/C10H19N3O/c1-7-12-6-8(13(7)4)9(14)5-10(2,3)11/h6,9,14H,5,11H2,1-4H3. The molecule has 1 aromatic rings. The number of aromatic nitrogens is 2. The lowest BCUT2D eigenvalue weighted by Crippen LogP contribution is -2.34. The van der Waals surface area contributed by atoms with Gasteiger partial charge < -0.3 is 15.4 Å². The van der Waals surface area contributed by atoms with Gasteiger partial charge in [-0.3, -0.25) is 0 Å². The molecule has 3 N–H and O–H groups in total. The van der Waals surface area contributed by atoms with E-state index in [0.717, 1.165) is 11.5 Å². The van der Waals surface area contributed by atoms with Crippen molar-refractivity contribution in [1.29, 1.82) is 0 Å². The molecule has 80 valence electrons. The fraction of sp³-hybridized carbons (Fsp3) is 0.700. The van der Waals surface area contributed by atoms with Crippen LogP contribution in [-0.4, -0.2) is 20.2 Å². The monoisotopic (exact) mass is 197 g/mol. The highest BCUT2D eigenvalue weighted by atomic mass is 16.3. The Morgan fingerprint density at radius 2 is 2.21 bits per heavy atom. The largest absolute Gasteiger partial charge is 0.387 e. The molecule has 0 aliphatic rings. The number of imidazole rings is 1. The summed E-state index contributed by atoms with van der Waals surface area (Å²) in [7, 11) is 1.89. The number of aryl methyl sites for hydroxylation is 1. The zero-order valence-electron chi connectivity index (χ0n) is 9.28. The van der Waals surface area contributed by atoms with Gasteiger partial charge in [0.05, 0.1) is 18.0 Å². The highest BCUT2D eigenvalue weighted by Gasteiger charge is 2.21. The van der Waals surface area contributed by atoms with Crippen molar-refractivity contribution in [3.05, 3.63) is 17.7 Å². The predicted octanol–water partition coefficient (Wildman–Crippen LogP) is 0.889. The first-order chi connectivity index (χ1) is 6.31. The van der Waals surface area contributed by atoms with E-state index in [1.54, 1.807) is 6.20 Å². The van der Waals surface area contributed by atoms with Gasteiger partial charge in [0.2, 0.25) is 0 Å². The van der Waals surface area contributed by atoms with E-state index in [0.29, 0.717) is 6.42 Å². The maximum Gasteiger partial charge on any atom is 0.105 e.